The van der Waals surface area contributed by atoms with Crippen LogP contribution in [-0.4, -0.2) is 34.8 Å². The summed E-state index contributed by atoms with van der Waals surface area (Å²) in [6.07, 6.45) is -4.98. The molecule has 9 heteroatoms. The highest BCUT2D eigenvalue weighted by molar-refractivity contribution is 5.99. The minimum Gasteiger partial charge on any atom is -0.477 e. The number of anilines is 1. The first-order valence-electron chi connectivity index (χ1n) is 6.23. The number of aromatic carboxylic acids is 1. The minimum atomic E-state index is -4.19. The van der Waals surface area contributed by atoms with Gasteiger partial charge < -0.3 is 20.7 Å². The Morgan fingerprint density at radius 1 is 1.33 bits per heavy atom. The van der Waals surface area contributed by atoms with Crippen LogP contribution in [0.3, 0.4) is 0 Å². The molecule has 0 saturated carbocycles. The lowest BCUT2D eigenvalue weighted by Gasteiger charge is -2.08. The van der Waals surface area contributed by atoms with Gasteiger partial charge in [0.05, 0.1) is 5.69 Å². The van der Waals surface area contributed by atoms with Gasteiger partial charge in [0, 0.05) is 18.7 Å². The van der Waals surface area contributed by atoms with E-state index in [2.05, 4.69) is 15.6 Å². The van der Waals surface area contributed by atoms with Crippen LogP contribution in [0.1, 0.15) is 35.4 Å². The van der Waals surface area contributed by atoms with Crippen LogP contribution in [0.5, 0.6) is 0 Å². The van der Waals surface area contributed by atoms with Gasteiger partial charge in [0.1, 0.15) is 5.69 Å². The van der Waals surface area contributed by atoms with E-state index >= 15 is 0 Å². The maximum absolute atomic E-state index is 11.9. The van der Waals surface area contributed by atoms with Crippen LogP contribution < -0.4 is 10.6 Å². The number of aromatic nitrogens is 1. The summed E-state index contributed by atoms with van der Waals surface area (Å²) in [5.74, 6) is -1.22. The largest absolute Gasteiger partial charge is 0.477 e. The highest BCUT2D eigenvalue weighted by Gasteiger charge is 2.25. The zero-order chi connectivity index (χ0) is 16.0. The second-order valence-corrected chi connectivity index (χ2v) is 4.50. The third-order valence-corrected chi connectivity index (χ3v) is 2.59. The summed E-state index contributed by atoms with van der Waals surface area (Å²) in [7, 11) is 0. The van der Waals surface area contributed by atoms with Crippen molar-refractivity contribution in [3.05, 3.63) is 17.5 Å². The molecule has 0 aliphatic rings. The maximum Gasteiger partial charge on any atom is 0.389 e. The average Bonchev–Trinajstić information content (AvgIpc) is 2.68. The van der Waals surface area contributed by atoms with E-state index in [9.17, 15) is 22.8 Å². The molecular formula is C12H16F3N3O3. The molecule has 0 unspecified atom stereocenters. The van der Waals surface area contributed by atoms with E-state index in [1.807, 2.05) is 0 Å². The van der Waals surface area contributed by atoms with Crippen molar-refractivity contribution >= 4 is 17.7 Å². The molecule has 0 atom stereocenters. The first kappa shape index (κ1) is 16.9. The van der Waals surface area contributed by atoms with Crippen molar-refractivity contribution in [2.45, 2.75) is 32.4 Å². The zero-order valence-electron chi connectivity index (χ0n) is 11.3. The number of hydrogen-bond acceptors (Lipinski definition) is 2. The normalized spacial score (nSPS) is 11.2. The van der Waals surface area contributed by atoms with E-state index in [4.69, 9.17) is 5.11 Å². The fourth-order valence-corrected chi connectivity index (χ4v) is 1.68. The van der Waals surface area contributed by atoms with Crippen molar-refractivity contribution in [2.24, 2.45) is 0 Å². The monoisotopic (exact) mass is 307 g/mol. The number of halogens is 3. The summed E-state index contributed by atoms with van der Waals surface area (Å²) < 4.78 is 35.7. The molecule has 1 rings (SSSR count). The lowest BCUT2D eigenvalue weighted by atomic mass is 10.2. The van der Waals surface area contributed by atoms with Crippen LogP contribution in [0.2, 0.25) is 0 Å². The van der Waals surface area contributed by atoms with Crippen LogP contribution in [0.4, 0.5) is 23.7 Å². The lowest BCUT2D eigenvalue weighted by Crippen LogP contribution is -2.30. The molecule has 4 N–H and O–H groups in total. The van der Waals surface area contributed by atoms with E-state index in [1.54, 1.807) is 6.92 Å². The second kappa shape index (κ2) is 7.00. The predicted molar refractivity (Wildman–Crippen MR) is 69.4 cm³/mol. The molecule has 0 aliphatic heterocycles. The first-order chi connectivity index (χ1) is 9.69. The van der Waals surface area contributed by atoms with Gasteiger partial charge >= 0.3 is 18.2 Å². The van der Waals surface area contributed by atoms with Crippen LogP contribution in [-0.2, 0) is 0 Å². The van der Waals surface area contributed by atoms with Gasteiger partial charge in [0.15, 0.2) is 0 Å². The summed E-state index contributed by atoms with van der Waals surface area (Å²) >= 11 is 0. The Morgan fingerprint density at radius 3 is 2.57 bits per heavy atom. The van der Waals surface area contributed by atoms with E-state index in [0.29, 0.717) is 5.69 Å². The van der Waals surface area contributed by atoms with E-state index < -0.39 is 24.6 Å². The molecule has 1 heterocycles. The Balaban J connectivity index is 2.36. The molecular weight excluding hydrogens is 291 g/mol. The summed E-state index contributed by atoms with van der Waals surface area (Å²) in [6.45, 7) is 1.71. The number of amides is 2. The predicted octanol–water partition coefficient (Wildman–Crippen LogP) is 2.88. The van der Waals surface area contributed by atoms with Crippen LogP contribution in [0.15, 0.2) is 6.07 Å². The molecule has 1 aromatic heterocycles. The average molecular weight is 307 g/mol. The Kier molecular flexibility index (Phi) is 5.62. The number of carbonyl (C=O) groups is 2. The fraction of sp³-hybridized carbons (Fsp3) is 0.500. The van der Waals surface area contributed by atoms with Crippen LogP contribution >= 0.6 is 0 Å². The smallest absolute Gasteiger partial charge is 0.389 e. The molecule has 21 heavy (non-hydrogen) atoms. The molecule has 0 fully saturated rings. The van der Waals surface area contributed by atoms with Crippen molar-refractivity contribution in [1.82, 2.24) is 10.3 Å². The van der Waals surface area contributed by atoms with Crippen LogP contribution in [0.25, 0.3) is 0 Å². The van der Waals surface area contributed by atoms with Crippen LogP contribution in [0, 0.1) is 6.92 Å². The van der Waals surface area contributed by atoms with E-state index in [-0.39, 0.29) is 30.8 Å². The molecule has 1 aromatic rings. The molecule has 6 nitrogen and oxygen atoms in total. The highest BCUT2D eigenvalue weighted by Crippen LogP contribution is 2.21. The topological polar surface area (TPSA) is 94.2 Å². The lowest BCUT2D eigenvalue weighted by molar-refractivity contribution is -0.135. The van der Waals surface area contributed by atoms with Crippen molar-refractivity contribution in [2.75, 3.05) is 11.9 Å². The second-order valence-electron chi connectivity index (χ2n) is 4.50. The standard InChI is InChI=1S/C12H16F3N3O3/c1-7-6-8(9(17-7)10(19)20)18-11(21)16-5-3-2-4-12(13,14)15/h6,17H,2-5H2,1H3,(H,19,20)(H2,16,18,21). The number of aryl methyl sites for hydroxylation is 1. The Morgan fingerprint density at radius 2 is 2.00 bits per heavy atom. The third-order valence-electron chi connectivity index (χ3n) is 2.59. The molecule has 118 valence electrons. The van der Waals surface area contributed by atoms with Gasteiger partial charge in [-0.25, -0.2) is 9.59 Å². The van der Waals surface area contributed by atoms with Gasteiger partial charge in [-0.1, -0.05) is 0 Å². The number of nitrogens with one attached hydrogen (secondary N) is 3. The third kappa shape index (κ3) is 6.19. The fourth-order valence-electron chi connectivity index (χ4n) is 1.68. The van der Waals surface area contributed by atoms with Gasteiger partial charge in [-0.05, 0) is 25.8 Å². The highest BCUT2D eigenvalue weighted by atomic mass is 19.4. The number of carboxylic acids is 1. The molecule has 0 radical (unpaired) electrons. The Bertz CT molecular complexity index is 512. The van der Waals surface area contributed by atoms with Gasteiger partial charge in [-0.15, -0.1) is 0 Å². The summed E-state index contributed by atoms with van der Waals surface area (Å²) in [5.41, 5.74) is 0.514. The minimum absolute atomic E-state index is 0.0760. The first-order valence-corrected chi connectivity index (χ1v) is 6.23. The summed E-state index contributed by atoms with van der Waals surface area (Å²) in [5, 5.41) is 13.6. The van der Waals surface area contributed by atoms with Gasteiger partial charge in [0.25, 0.3) is 0 Å². The molecule has 2 amide bonds. The van der Waals surface area contributed by atoms with Crippen molar-refractivity contribution in [3.8, 4) is 0 Å². The number of H-pyrrole nitrogens is 1. The molecule has 0 aliphatic carbocycles. The van der Waals surface area contributed by atoms with E-state index in [0.717, 1.165) is 0 Å². The number of hydrogen-bond donors (Lipinski definition) is 4. The number of aromatic amines is 1. The number of unbranched alkanes of at least 4 members (excludes halogenated alkanes) is 1. The Labute approximate surface area is 118 Å². The Hall–Kier alpha value is -2.19. The quantitative estimate of drug-likeness (QED) is 0.609. The molecule has 0 aromatic carbocycles. The molecule has 0 bridgehead atoms. The summed E-state index contributed by atoms with van der Waals surface area (Å²) in [6, 6.07) is 0.788. The number of rotatable bonds is 6. The number of urea groups is 1. The van der Waals surface area contributed by atoms with Gasteiger partial charge in [0.2, 0.25) is 0 Å². The molecule has 0 saturated heterocycles. The van der Waals surface area contributed by atoms with E-state index in [1.165, 1.54) is 6.07 Å². The van der Waals surface area contributed by atoms with Gasteiger partial charge in [-0.2, -0.15) is 13.2 Å². The number of carboxylic acid groups (broad SMARTS) is 1. The SMILES string of the molecule is Cc1cc(NC(=O)NCCCCC(F)(F)F)c(C(=O)O)[nH]1. The zero-order valence-corrected chi connectivity index (χ0v) is 11.3. The van der Waals surface area contributed by atoms with Gasteiger partial charge in [-0.3, -0.25) is 0 Å². The summed E-state index contributed by atoms with van der Waals surface area (Å²) in [4.78, 5) is 25.0. The van der Waals surface area contributed by atoms with Crippen molar-refractivity contribution < 1.29 is 27.9 Å². The molecule has 0 spiro atoms. The number of alkyl halides is 3. The maximum atomic E-state index is 11.9. The van der Waals surface area contributed by atoms with Crippen molar-refractivity contribution in [1.29, 1.82) is 0 Å². The van der Waals surface area contributed by atoms with Crippen molar-refractivity contribution in [3.63, 3.8) is 0 Å². The number of carbonyl (C=O) groups excluding carboxylic acids is 1.